The second-order valence-corrected chi connectivity index (χ2v) is 5.74. The molecule has 18 heavy (non-hydrogen) atoms. The Morgan fingerprint density at radius 2 is 2.11 bits per heavy atom. The Kier molecular flexibility index (Phi) is 4.33. The summed E-state index contributed by atoms with van der Waals surface area (Å²) in [6, 6.07) is 6.38. The maximum absolute atomic E-state index is 12.7. The minimum atomic E-state index is -0.379. The van der Waals surface area contributed by atoms with Crippen LogP contribution in [0.5, 0.6) is 0 Å². The molecular formula is C12H11FN2OS2. The average molecular weight is 282 g/mol. The molecular weight excluding hydrogens is 271 g/mol. The summed E-state index contributed by atoms with van der Waals surface area (Å²) in [6.45, 7) is 0. The van der Waals surface area contributed by atoms with Crippen molar-refractivity contribution in [3.63, 3.8) is 0 Å². The molecule has 0 atom stereocenters. The van der Waals surface area contributed by atoms with E-state index in [1.807, 2.05) is 5.38 Å². The highest BCUT2D eigenvalue weighted by atomic mass is 32.2. The fourth-order valence-electron chi connectivity index (χ4n) is 1.34. The van der Waals surface area contributed by atoms with Gasteiger partial charge in [-0.3, -0.25) is 4.79 Å². The van der Waals surface area contributed by atoms with Gasteiger partial charge in [0.05, 0.1) is 12.1 Å². The lowest BCUT2D eigenvalue weighted by molar-refractivity contribution is -0.117. The lowest BCUT2D eigenvalue weighted by Gasteiger charge is -1.98. The molecule has 0 saturated carbocycles. The van der Waals surface area contributed by atoms with Gasteiger partial charge in [0.2, 0.25) is 5.91 Å². The molecule has 0 bridgehead atoms. The maximum atomic E-state index is 12.7. The van der Waals surface area contributed by atoms with E-state index < -0.39 is 0 Å². The van der Waals surface area contributed by atoms with Crippen molar-refractivity contribution in [1.82, 2.24) is 4.98 Å². The number of thiazole rings is 1. The van der Waals surface area contributed by atoms with Gasteiger partial charge in [0.1, 0.15) is 10.2 Å². The Morgan fingerprint density at radius 3 is 2.78 bits per heavy atom. The summed E-state index contributed by atoms with van der Waals surface area (Å²) in [4.78, 5) is 15.0. The van der Waals surface area contributed by atoms with Gasteiger partial charge in [0.15, 0.2) is 0 Å². The Morgan fingerprint density at radius 1 is 1.39 bits per heavy atom. The number of amides is 1. The molecule has 1 aromatic heterocycles. The number of carbonyl (C=O) groups excluding carboxylic acids is 1. The molecule has 2 rings (SSSR count). The van der Waals surface area contributed by atoms with Crippen LogP contribution < -0.4 is 5.73 Å². The average Bonchev–Trinajstić information content (AvgIpc) is 2.75. The molecule has 6 heteroatoms. The van der Waals surface area contributed by atoms with Crippen LogP contribution in [0.4, 0.5) is 4.39 Å². The van der Waals surface area contributed by atoms with Gasteiger partial charge < -0.3 is 5.73 Å². The summed E-state index contributed by atoms with van der Waals surface area (Å²) in [6.07, 6.45) is 0.174. The molecule has 1 aromatic carbocycles. The first-order valence-corrected chi connectivity index (χ1v) is 7.10. The molecule has 0 spiro atoms. The van der Waals surface area contributed by atoms with E-state index in [1.165, 1.54) is 23.5 Å². The zero-order valence-corrected chi connectivity index (χ0v) is 11.1. The van der Waals surface area contributed by atoms with E-state index in [9.17, 15) is 9.18 Å². The second kappa shape index (κ2) is 5.97. The van der Waals surface area contributed by atoms with Crippen LogP contribution in [0.1, 0.15) is 11.3 Å². The van der Waals surface area contributed by atoms with Crippen molar-refractivity contribution >= 4 is 29.0 Å². The van der Waals surface area contributed by atoms with E-state index in [-0.39, 0.29) is 18.1 Å². The van der Waals surface area contributed by atoms with E-state index in [0.717, 1.165) is 15.7 Å². The smallest absolute Gasteiger partial charge is 0.223 e. The van der Waals surface area contributed by atoms with Crippen LogP contribution in [-0.4, -0.2) is 10.9 Å². The number of nitrogens with zero attached hydrogens (tertiary/aromatic N) is 1. The lowest BCUT2D eigenvalue weighted by Crippen LogP contribution is -2.13. The van der Waals surface area contributed by atoms with Gasteiger partial charge in [-0.2, -0.15) is 0 Å². The molecule has 2 aromatic rings. The van der Waals surface area contributed by atoms with Crippen molar-refractivity contribution in [3.8, 4) is 0 Å². The van der Waals surface area contributed by atoms with E-state index in [0.29, 0.717) is 5.69 Å². The van der Waals surface area contributed by atoms with Crippen LogP contribution in [0.2, 0.25) is 0 Å². The van der Waals surface area contributed by atoms with E-state index in [2.05, 4.69) is 4.98 Å². The van der Waals surface area contributed by atoms with Crippen LogP contribution in [0.25, 0.3) is 0 Å². The first-order chi connectivity index (χ1) is 8.63. The summed E-state index contributed by atoms with van der Waals surface area (Å²) in [7, 11) is 0. The number of halogens is 1. The zero-order chi connectivity index (χ0) is 13.0. The van der Waals surface area contributed by atoms with Crippen molar-refractivity contribution in [2.45, 2.75) is 16.5 Å². The zero-order valence-electron chi connectivity index (χ0n) is 9.43. The summed E-state index contributed by atoms with van der Waals surface area (Å²) in [5.41, 5.74) is 6.83. The van der Waals surface area contributed by atoms with Gasteiger partial charge in [-0.1, -0.05) is 23.9 Å². The van der Waals surface area contributed by atoms with Gasteiger partial charge in [-0.05, 0) is 17.7 Å². The van der Waals surface area contributed by atoms with Crippen LogP contribution >= 0.6 is 23.1 Å². The quantitative estimate of drug-likeness (QED) is 0.858. The fraction of sp³-hybridized carbons (Fsp3) is 0.167. The standard InChI is InChI=1S/C12H11FN2OS2/c13-9-3-1-8(2-4-9)6-17-12-15-10(7-18-12)5-11(14)16/h1-4,7H,5-6H2,(H2,14,16). The number of thioether (sulfide) groups is 1. The summed E-state index contributed by atoms with van der Waals surface area (Å²) >= 11 is 3.04. The van der Waals surface area contributed by atoms with Gasteiger partial charge >= 0.3 is 0 Å². The predicted octanol–water partition coefficient (Wildman–Crippen LogP) is 2.60. The monoisotopic (exact) mass is 282 g/mol. The molecule has 0 aliphatic carbocycles. The number of primary amides is 1. The molecule has 3 nitrogen and oxygen atoms in total. The first-order valence-electron chi connectivity index (χ1n) is 5.23. The first kappa shape index (κ1) is 13.0. The Balaban J connectivity index is 1.92. The van der Waals surface area contributed by atoms with Crippen LogP contribution in [0.3, 0.4) is 0 Å². The summed E-state index contributed by atoms with van der Waals surface area (Å²) in [5.74, 6) is 0.112. The third kappa shape index (κ3) is 3.82. The third-order valence-electron chi connectivity index (χ3n) is 2.16. The Bertz CT molecular complexity index is 539. The van der Waals surface area contributed by atoms with Gasteiger partial charge in [0.25, 0.3) is 0 Å². The van der Waals surface area contributed by atoms with Crippen molar-refractivity contribution in [3.05, 3.63) is 46.7 Å². The van der Waals surface area contributed by atoms with Gasteiger partial charge in [-0.15, -0.1) is 11.3 Å². The Hall–Kier alpha value is -1.40. The lowest BCUT2D eigenvalue weighted by atomic mass is 10.2. The number of carbonyl (C=O) groups is 1. The maximum Gasteiger partial charge on any atom is 0.223 e. The van der Waals surface area contributed by atoms with E-state index in [1.54, 1.807) is 23.9 Å². The number of benzene rings is 1. The molecule has 0 saturated heterocycles. The summed E-state index contributed by atoms with van der Waals surface area (Å²) < 4.78 is 13.6. The molecule has 1 amide bonds. The minimum Gasteiger partial charge on any atom is -0.369 e. The number of rotatable bonds is 5. The SMILES string of the molecule is NC(=O)Cc1csc(SCc2ccc(F)cc2)n1. The van der Waals surface area contributed by atoms with Crippen molar-refractivity contribution < 1.29 is 9.18 Å². The predicted molar refractivity (Wildman–Crippen MR) is 71.0 cm³/mol. The van der Waals surface area contributed by atoms with Gasteiger partial charge in [0, 0.05) is 11.1 Å². The molecule has 94 valence electrons. The van der Waals surface area contributed by atoms with Crippen molar-refractivity contribution in [2.75, 3.05) is 0 Å². The largest absolute Gasteiger partial charge is 0.369 e. The summed E-state index contributed by atoms with van der Waals surface area (Å²) in [5, 5.41) is 1.83. The van der Waals surface area contributed by atoms with Crippen LogP contribution in [-0.2, 0) is 17.0 Å². The van der Waals surface area contributed by atoms with Gasteiger partial charge in [-0.25, -0.2) is 9.37 Å². The number of hydrogen-bond donors (Lipinski definition) is 1. The normalized spacial score (nSPS) is 10.5. The van der Waals surface area contributed by atoms with Crippen LogP contribution in [0.15, 0.2) is 34.0 Å². The molecule has 0 unspecified atom stereocenters. The minimum absolute atomic E-state index is 0.174. The second-order valence-electron chi connectivity index (χ2n) is 3.66. The van der Waals surface area contributed by atoms with Crippen molar-refractivity contribution in [1.29, 1.82) is 0 Å². The molecule has 1 heterocycles. The van der Waals surface area contributed by atoms with E-state index >= 15 is 0 Å². The highest BCUT2D eigenvalue weighted by molar-refractivity contribution is 8.00. The topological polar surface area (TPSA) is 56.0 Å². The molecule has 0 radical (unpaired) electrons. The molecule has 0 fully saturated rings. The highest BCUT2D eigenvalue weighted by Gasteiger charge is 2.05. The van der Waals surface area contributed by atoms with Crippen molar-refractivity contribution in [2.24, 2.45) is 5.73 Å². The number of hydrogen-bond acceptors (Lipinski definition) is 4. The number of nitrogens with two attached hydrogens (primary N) is 1. The molecule has 0 aliphatic rings. The van der Waals surface area contributed by atoms with E-state index in [4.69, 9.17) is 5.73 Å². The third-order valence-corrected chi connectivity index (χ3v) is 4.30. The Labute approximate surface area is 112 Å². The van der Waals surface area contributed by atoms with Crippen LogP contribution in [0, 0.1) is 5.82 Å². The molecule has 0 aliphatic heterocycles. The number of aromatic nitrogens is 1. The fourth-order valence-corrected chi connectivity index (χ4v) is 3.14. The highest BCUT2D eigenvalue weighted by Crippen LogP contribution is 2.26. The molecule has 2 N–H and O–H groups in total.